The smallest absolute Gasteiger partial charge is 0.276 e. The molecule has 0 spiro atoms. The summed E-state index contributed by atoms with van der Waals surface area (Å²) < 4.78 is 20.5. The fourth-order valence-electron chi connectivity index (χ4n) is 6.81. The van der Waals surface area contributed by atoms with Crippen LogP contribution in [0.25, 0.3) is 0 Å². The third-order valence-corrected chi connectivity index (χ3v) is 9.75. The van der Waals surface area contributed by atoms with E-state index in [2.05, 4.69) is 38.1 Å². The Bertz CT molecular complexity index is 1440. The fraction of sp³-hybridized carbons (Fsp3) is 0.647. The second-order valence-corrected chi connectivity index (χ2v) is 13.8. The van der Waals surface area contributed by atoms with Crippen molar-refractivity contribution in [2.24, 2.45) is 11.8 Å². The molecular formula is C34H50FN7O5. The minimum atomic E-state index is -0.924. The number of benzene rings is 1. The monoisotopic (exact) mass is 655 g/mol. The van der Waals surface area contributed by atoms with Gasteiger partial charge < -0.3 is 25.8 Å². The van der Waals surface area contributed by atoms with Crippen LogP contribution < -0.4 is 16.0 Å². The molecule has 1 aromatic carbocycles. The molecule has 1 aromatic heterocycles. The molecular weight excluding hydrogens is 605 g/mol. The predicted octanol–water partition coefficient (Wildman–Crippen LogP) is 3.89. The summed E-state index contributed by atoms with van der Waals surface area (Å²) in [5.74, 6) is -2.47. The number of aryl methyl sites for hydroxylation is 1. The highest BCUT2D eigenvalue weighted by atomic mass is 19.1. The Morgan fingerprint density at radius 3 is 2.38 bits per heavy atom. The van der Waals surface area contributed by atoms with E-state index in [0.717, 1.165) is 25.7 Å². The summed E-state index contributed by atoms with van der Waals surface area (Å²) in [5.41, 5.74) is 0.408. The lowest BCUT2D eigenvalue weighted by Gasteiger charge is -2.47. The molecule has 2 aromatic rings. The number of carbonyl (C=O) groups excluding carboxylic acids is 4. The standard InChI is InChI=1S/C34H50FN7O5/c1-8-25-30(40-47-39-25)32(45)38-29(22-12-10-20(3)11-13-22)31(44)36-26-15-14-23(18-24(26)35)21(4)28(37-27(43)9-2)33(46)42-17-16-41(7)19-34(42,5)6/h14-15,18,20-22,28-29H,8-13,16-17,19H2,1-7H3,(H,36,44)(H,37,43)(H,38,45)/t20-,21-,22-,28+,29-/m0/s1. The fourth-order valence-corrected chi connectivity index (χ4v) is 6.81. The van der Waals surface area contributed by atoms with Crippen molar-refractivity contribution in [2.75, 3.05) is 32.0 Å². The van der Waals surface area contributed by atoms with Gasteiger partial charge in [-0.3, -0.25) is 19.2 Å². The molecule has 0 bridgehead atoms. The van der Waals surface area contributed by atoms with Crippen LogP contribution in [0.5, 0.6) is 0 Å². The molecule has 0 radical (unpaired) electrons. The maximum atomic E-state index is 15.7. The Morgan fingerprint density at radius 1 is 1.06 bits per heavy atom. The Balaban J connectivity index is 1.54. The van der Waals surface area contributed by atoms with Gasteiger partial charge in [-0.05, 0) is 74.8 Å². The highest BCUT2D eigenvalue weighted by Crippen LogP contribution is 2.32. The molecule has 0 unspecified atom stereocenters. The van der Waals surface area contributed by atoms with Crippen molar-refractivity contribution in [3.05, 3.63) is 41.0 Å². The van der Waals surface area contributed by atoms with E-state index in [0.29, 0.717) is 43.2 Å². The van der Waals surface area contributed by atoms with Crippen LogP contribution in [0.2, 0.25) is 0 Å². The largest absolute Gasteiger partial charge is 0.344 e. The van der Waals surface area contributed by atoms with Gasteiger partial charge in [0.25, 0.3) is 5.91 Å². The molecule has 13 heteroatoms. The summed E-state index contributed by atoms with van der Waals surface area (Å²) in [6.07, 6.45) is 3.93. The number of piperazine rings is 1. The SMILES string of the molecule is CCC(=O)N[C@@H](C(=O)N1CCN(C)CC1(C)C)[C@@H](C)c1ccc(NC(=O)[C@@H](NC(=O)c2nonc2CC)[C@H]2CC[C@H](C)CC2)c(F)c1. The van der Waals surface area contributed by atoms with E-state index >= 15 is 4.39 Å². The summed E-state index contributed by atoms with van der Waals surface area (Å²) >= 11 is 0. The molecule has 258 valence electrons. The summed E-state index contributed by atoms with van der Waals surface area (Å²) in [5, 5.41) is 15.9. The van der Waals surface area contributed by atoms with Crippen molar-refractivity contribution in [2.45, 2.75) is 104 Å². The molecule has 1 saturated carbocycles. The molecule has 4 rings (SSSR count). The summed E-state index contributed by atoms with van der Waals surface area (Å²) in [6.45, 7) is 13.4. The van der Waals surface area contributed by atoms with Crippen LogP contribution in [0.4, 0.5) is 10.1 Å². The van der Waals surface area contributed by atoms with E-state index in [-0.39, 0.29) is 35.5 Å². The third-order valence-electron chi connectivity index (χ3n) is 9.75. The minimum absolute atomic E-state index is 0.0261. The zero-order chi connectivity index (χ0) is 34.5. The molecule has 2 aliphatic rings. The molecule has 1 aliphatic heterocycles. The Morgan fingerprint density at radius 2 is 1.77 bits per heavy atom. The molecule has 12 nitrogen and oxygen atoms in total. The van der Waals surface area contributed by atoms with E-state index in [4.69, 9.17) is 4.63 Å². The summed E-state index contributed by atoms with van der Waals surface area (Å²) in [6, 6.07) is 2.57. The molecule has 4 amide bonds. The van der Waals surface area contributed by atoms with Gasteiger partial charge in [-0.1, -0.05) is 51.8 Å². The van der Waals surface area contributed by atoms with Gasteiger partial charge in [-0.25, -0.2) is 9.02 Å². The molecule has 2 fully saturated rings. The number of rotatable bonds is 11. The lowest BCUT2D eigenvalue weighted by atomic mass is 9.79. The van der Waals surface area contributed by atoms with E-state index in [1.807, 2.05) is 27.8 Å². The first-order chi connectivity index (χ1) is 22.2. The topological polar surface area (TPSA) is 150 Å². The van der Waals surface area contributed by atoms with Gasteiger partial charge in [-0.15, -0.1) is 0 Å². The van der Waals surface area contributed by atoms with E-state index in [1.165, 1.54) is 12.1 Å². The average Bonchev–Trinajstić information content (AvgIpc) is 3.52. The van der Waals surface area contributed by atoms with Gasteiger partial charge in [0, 0.05) is 32.0 Å². The van der Waals surface area contributed by atoms with Gasteiger partial charge in [0.15, 0.2) is 5.69 Å². The normalized spacial score (nSPS) is 21.7. The van der Waals surface area contributed by atoms with Crippen molar-refractivity contribution in [3.63, 3.8) is 0 Å². The quantitative estimate of drug-likeness (QED) is 0.330. The van der Waals surface area contributed by atoms with Crippen LogP contribution in [0.1, 0.15) is 101 Å². The predicted molar refractivity (Wildman–Crippen MR) is 175 cm³/mol. The lowest BCUT2D eigenvalue weighted by molar-refractivity contribution is -0.144. The third kappa shape index (κ3) is 8.54. The summed E-state index contributed by atoms with van der Waals surface area (Å²) in [7, 11) is 2.01. The number of hydrogen-bond donors (Lipinski definition) is 3. The highest BCUT2D eigenvalue weighted by Gasteiger charge is 2.41. The highest BCUT2D eigenvalue weighted by molar-refractivity contribution is 6.01. The number of amides is 4. The molecule has 1 saturated heterocycles. The van der Waals surface area contributed by atoms with Crippen LogP contribution >= 0.6 is 0 Å². The first kappa shape index (κ1) is 36.0. The first-order valence-electron chi connectivity index (χ1n) is 16.8. The molecule has 3 atom stereocenters. The first-order valence-corrected chi connectivity index (χ1v) is 16.8. The number of nitrogens with one attached hydrogen (secondary N) is 3. The number of likely N-dealkylation sites (N-methyl/N-ethyl adjacent to an activating group) is 1. The van der Waals surface area contributed by atoms with Gasteiger partial charge in [-0.2, -0.15) is 0 Å². The van der Waals surface area contributed by atoms with Crippen molar-refractivity contribution in [1.82, 2.24) is 30.7 Å². The minimum Gasteiger partial charge on any atom is -0.344 e. The Kier molecular flexibility index (Phi) is 11.8. The van der Waals surface area contributed by atoms with Gasteiger partial charge >= 0.3 is 0 Å². The molecule has 1 aliphatic carbocycles. The van der Waals surface area contributed by atoms with Crippen molar-refractivity contribution >= 4 is 29.3 Å². The number of anilines is 1. The zero-order valence-electron chi connectivity index (χ0n) is 28.7. The lowest BCUT2D eigenvalue weighted by Crippen LogP contribution is -2.64. The Labute approximate surface area is 276 Å². The summed E-state index contributed by atoms with van der Waals surface area (Å²) in [4.78, 5) is 57.3. The van der Waals surface area contributed by atoms with E-state index < -0.39 is 41.2 Å². The van der Waals surface area contributed by atoms with Crippen molar-refractivity contribution in [1.29, 1.82) is 0 Å². The maximum absolute atomic E-state index is 15.7. The zero-order valence-corrected chi connectivity index (χ0v) is 28.7. The second-order valence-electron chi connectivity index (χ2n) is 13.8. The number of hydrogen-bond acceptors (Lipinski definition) is 8. The number of halogens is 1. The molecule has 2 heterocycles. The molecule has 3 N–H and O–H groups in total. The maximum Gasteiger partial charge on any atom is 0.276 e. The molecule has 47 heavy (non-hydrogen) atoms. The Hall–Kier alpha value is -3.87. The number of nitrogens with zero attached hydrogens (tertiary/aromatic N) is 4. The van der Waals surface area contributed by atoms with Crippen LogP contribution in [-0.4, -0.2) is 88.0 Å². The van der Waals surface area contributed by atoms with E-state index in [1.54, 1.807) is 24.8 Å². The average molecular weight is 656 g/mol. The van der Waals surface area contributed by atoms with Gasteiger partial charge in [0.2, 0.25) is 17.7 Å². The van der Waals surface area contributed by atoms with Crippen molar-refractivity contribution in [3.8, 4) is 0 Å². The van der Waals surface area contributed by atoms with Gasteiger partial charge in [0.1, 0.15) is 23.6 Å². The van der Waals surface area contributed by atoms with Crippen LogP contribution in [0.3, 0.4) is 0 Å². The van der Waals surface area contributed by atoms with Crippen LogP contribution in [0.15, 0.2) is 22.8 Å². The van der Waals surface area contributed by atoms with Crippen LogP contribution in [-0.2, 0) is 20.8 Å². The number of carbonyl (C=O) groups is 4. The van der Waals surface area contributed by atoms with Crippen LogP contribution in [0, 0.1) is 17.7 Å². The second kappa shape index (κ2) is 15.4. The van der Waals surface area contributed by atoms with E-state index in [9.17, 15) is 19.2 Å². The van der Waals surface area contributed by atoms with Crippen molar-refractivity contribution < 1.29 is 28.2 Å². The van der Waals surface area contributed by atoms with Gasteiger partial charge in [0.05, 0.1) is 11.2 Å². The number of aromatic nitrogens is 2.